The van der Waals surface area contributed by atoms with Crippen molar-refractivity contribution in [2.24, 2.45) is 0 Å². The SMILES string of the molecule is Cc1cn[nH]c1[C@H]1CCN(C(=O)c2ccc3ncccc3c2)C1. The van der Waals surface area contributed by atoms with E-state index in [1.807, 2.05) is 41.4 Å². The Hall–Kier alpha value is -2.69. The van der Waals surface area contributed by atoms with Gasteiger partial charge >= 0.3 is 0 Å². The van der Waals surface area contributed by atoms with Gasteiger partial charge in [0.15, 0.2) is 0 Å². The molecule has 0 aliphatic carbocycles. The number of aromatic amines is 1. The Labute approximate surface area is 134 Å². The molecule has 5 heteroatoms. The van der Waals surface area contributed by atoms with E-state index in [0.717, 1.165) is 41.7 Å². The molecule has 0 unspecified atom stereocenters. The molecule has 5 nitrogen and oxygen atoms in total. The normalized spacial score (nSPS) is 17.8. The Bertz CT molecular complexity index is 870. The van der Waals surface area contributed by atoms with Crippen LogP contribution in [0.1, 0.15) is 34.0 Å². The number of carbonyl (C=O) groups excluding carboxylic acids is 1. The van der Waals surface area contributed by atoms with Crippen LogP contribution < -0.4 is 0 Å². The molecule has 116 valence electrons. The second-order valence-electron chi connectivity index (χ2n) is 6.11. The minimum absolute atomic E-state index is 0.0930. The number of aryl methyl sites for hydroxylation is 1. The summed E-state index contributed by atoms with van der Waals surface area (Å²) in [7, 11) is 0. The van der Waals surface area contributed by atoms with Crippen molar-refractivity contribution in [3.63, 3.8) is 0 Å². The average molecular weight is 306 g/mol. The third-order valence-corrected chi connectivity index (χ3v) is 4.60. The minimum atomic E-state index is 0.0930. The number of likely N-dealkylation sites (tertiary alicyclic amines) is 1. The Balaban J connectivity index is 1.56. The van der Waals surface area contributed by atoms with E-state index in [9.17, 15) is 4.79 Å². The summed E-state index contributed by atoms with van der Waals surface area (Å²) in [6, 6.07) is 9.59. The summed E-state index contributed by atoms with van der Waals surface area (Å²) in [6.07, 6.45) is 4.59. The third-order valence-electron chi connectivity index (χ3n) is 4.60. The van der Waals surface area contributed by atoms with Crippen molar-refractivity contribution in [3.8, 4) is 0 Å². The second kappa shape index (κ2) is 5.50. The van der Waals surface area contributed by atoms with Gasteiger partial charge in [-0.3, -0.25) is 14.9 Å². The first kappa shape index (κ1) is 13.9. The number of amides is 1. The number of pyridine rings is 1. The number of benzene rings is 1. The maximum absolute atomic E-state index is 12.8. The molecule has 1 saturated heterocycles. The molecule has 0 radical (unpaired) electrons. The number of aromatic nitrogens is 3. The summed E-state index contributed by atoms with van der Waals surface area (Å²) in [4.78, 5) is 19.0. The molecule has 1 aromatic carbocycles. The van der Waals surface area contributed by atoms with Gasteiger partial charge in [0.1, 0.15) is 0 Å². The Morgan fingerprint density at radius 3 is 3.09 bits per heavy atom. The van der Waals surface area contributed by atoms with E-state index in [1.165, 1.54) is 5.56 Å². The van der Waals surface area contributed by atoms with E-state index in [1.54, 1.807) is 6.20 Å². The van der Waals surface area contributed by atoms with Gasteiger partial charge in [-0.05, 0) is 43.2 Å². The Morgan fingerprint density at radius 1 is 1.35 bits per heavy atom. The number of H-pyrrole nitrogens is 1. The number of nitrogens with one attached hydrogen (secondary N) is 1. The van der Waals surface area contributed by atoms with Crippen LogP contribution >= 0.6 is 0 Å². The number of carbonyl (C=O) groups is 1. The van der Waals surface area contributed by atoms with E-state index in [-0.39, 0.29) is 5.91 Å². The third kappa shape index (κ3) is 2.48. The number of hydrogen-bond acceptors (Lipinski definition) is 3. The summed E-state index contributed by atoms with van der Waals surface area (Å²) in [5, 5.41) is 8.17. The van der Waals surface area contributed by atoms with Crippen molar-refractivity contribution >= 4 is 16.8 Å². The highest BCUT2D eigenvalue weighted by atomic mass is 16.2. The van der Waals surface area contributed by atoms with Crippen LogP contribution in [0.3, 0.4) is 0 Å². The van der Waals surface area contributed by atoms with Crippen LogP contribution in [-0.4, -0.2) is 39.1 Å². The van der Waals surface area contributed by atoms with Crippen LogP contribution in [0.4, 0.5) is 0 Å². The molecule has 3 aromatic rings. The topological polar surface area (TPSA) is 61.9 Å². The van der Waals surface area contributed by atoms with E-state index in [0.29, 0.717) is 5.92 Å². The van der Waals surface area contributed by atoms with Gasteiger partial charge in [-0.25, -0.2) is 0 Å². The predicted molar refractivity (Wildman–Crippen MR) is 88.3 cm³/mol. The van der Waals surface area contributed by atoms with Crippen molar-refractivity contribution in [1.82, 2.24) is 20.1 Å². The zero-order valence-corrected chi connectivity index (χ0v) is 13.0. The maximum Gasteiger partial charge on any atom is 0.253 e. The fraction of sp³-hybridized carbons (Fsp3) is 0.278. The average Bonchev–Trinajstić information content (AvgIpc) is 3.22. The number of hydrogen-bond donors (Lipinski definition) is 1. The highest BCUT2D eigenvalue weighted by Gasteiger charge is 2.29. The summed E-state index contributed by atoms with van der Waals surface area (Å²) >= 11 is 0. The first-order valence-electron chi connectivity index (χ1n) is 7.86. The van der Waals surface area contributed by atoms with E-state index < -0.39 is 0 Å². The van der Waals surface area contributed by atoms with Crippen LogP contribution in [0.2, 0.25) is 0 Å². The molecular weight excluding hydrogens is 288 g/mol. The molecule has 1 fully saturated rings. The molecule has 3 heterocycles. The Morgan fingerprint density at radius 2 is 2.26 bits per heavy atom. The first-order valence-corrected chi connectivity index (χ1v) is 7.86. The van der Waals surface area contributed by atoms with Crippen molar-refractivity contribution in [1.29, 1.82) is 0 Å². The molecule has 1 N–H and O–H groups in total. The van der Waals surface area contributed by atoms with Gasteiger partial charge < -0.3 is 4.90 Å². The van der Waals surface area contributed by atoms with E-state index in [4.69, 9.17) is 0 Å². The lowest BCUT2D eigenvalue weighted by Gasteiger charge is -2.17. The van der Waals surface area contributed by atoms with Crippen LogP contribution in [-0.2, 0) is 0 Å². The van der Waals surface area contributed by atoms with Crippen LogP contribution in [0, 0.1) is 6.92 Å². The molecule has 2 aromatic heterocycles. The zero-order valence-electron chi connectivity index (χ0n) is 13.0. The zero-order chi connectivity index (χ0) is 15.8. The fourth-order valence-corrected chi connectivity index (χ4v) is 3.34. The highest BCUT2D eigenvalue weighted by Crippen LogP contribution is 2.29. The van der Waals surface area contributed by atoms with Gasteiger partial charge in [-0.2, -0.15) is 5.10 Å². The summed E-state index contributed by atoms with van der Waals surface area (Å²) < 4.78 is 0. The van der Waals surface area contributed by atoms with Gasteiger partial charge in [-0.1, -0.05) is 6.07 Å². The summed E-state index contributed by atoms with van der Waals surface area (Å²) in [5.74, 6) is 0.444. The molecule has 1 aliphatic heterocycles. The van der Waals surface area contributed by atoms with Crippen LogP contribution in [0.5, 0.6) is 0 Å². The van der Waals surface area contributed by atoms with E-state index in [2.05, 4.69) is 22.1 Å². The Kier molecular flexibility index (Phi) is 3.33. The monoisotopic (exact) mass is 306 g/mol. The molecular formula is C18H18N4O. The first-order chi connectivity index (χ1) is 11.2. The van der Waals surface area contributed by atoms with Gasteiger partial charge in [0.05, 0.1) is 11.7 Å². The van der Waals surface area contributed by atoms with Crippen LogP contribution in [0.25, 0.3) is 10.9 Å². The largest absolute Gasteiger partial charge is 0.338 e. The number of fused-ring (bicyclic) bond motifs is 1. The van der Waals surface area contributed by atoms with Crippen molar-refractivity contribution in [2.45, 2.75) is 19.3 Å². The molecule has 0 saturated carbocycles. The number of rotatable bonds is 2. The summed E-state index contributed by atoms with van der Waals surface area (Å²) in [5.41, 5.74) is 3.97. The lowest BCUT2D eigenvalue weighted by Crippen LogP contribution is -2.28. The maximum atomic E-state index is 12.8. The molecule has 1 aliphatic rings. The van der Waals surface area contributed by atoms with Gasteiger partial charge in [-0.15, -0.1) is 0 Å². The smallest absolute Gasteiger partial charge is 0.253 e. The molecule has 0 spiro atoms. The van der Waals surface area contributed by atoms with Gasteiger partial charge in [0.2, 0.25) is 0 Å². The highest BCUT2D eigenvalue weighted by molar-refractivity contribution is 5.98. The molecule has 1 atom stereocenters. The molecule has 0 bridgehead atoms. The standard InChI is InChI=1S/C18H18N4O/c1-12-10-20-21-17(12)15-6-8-22(11-15)18(23)14-4-5-16-13(9-14)3-2-7-19-16/h2-5,7,9-10,15H,6,8,11H2,1H3,(H,20,21)/t15-/m0/s1. The van der Waals surface area contributed by atoms with Crippen LogP contribution in [0.15, 0.2) is 42.7 Å². The second-order valence-corrected chi connectivity index (χ2v) is 6.11. The lowest BCUT2D eigenvalue weighted by molar-refractivity contribution is 0.0791. The fourth-order valence-electron chi connectivity index (χ4n) is 3.34. The van der Waals surface area contributed by atoms with Crippen molar-refractivity contribution in [2.75, 3.05) is 13.1 Å². The van der Waals surface area contributed by atoms with Gasteiger partial charge in [0.25, 0.3) is 5.91 Å². The lowest BCUT2D eigenvalue weighted by atomic mass is 10.0. The molecule has 23 heavy (non-hydrogen) atoms. The predicted octanol–water partition coefficient (Wildman–Crippen LogP) is 2.90. The van der Waals surface area contributed by atoms with Crippen molar-refractivity contribution < 1.29 is 4.79 Å². The quantitative estimate of drug-likeness (QED) is 0.792. The molecule has 4 rings (SSSR count). The minimum Gasteiger partial charge on any atom is -0.338 e. The number of nitrogens with zero attached hydrogens (tertiary/aromatic N) is 3. The summed E-state index contributed by atoms with van der Waals surface area (Å²) in [6.45, 7) is 3.58. The molecule has 1 amide bonds. The van der Waals surface area contributed by atoms with Crippen molar-refractivity contribution in [3.05, 3.63) is 59.5 Å². The van der Waals surface area contributed by atoms with Gasteiger partial charge in [0, 0.05) is 41.8 Å². The van der Waals surface area contributed by atoms with E-state index >= 15 is 0 Å².